The molecule has 0 aliphatic rings. The predicted octanol–water partition coefficient (Wildman–Crippen LogP) is 2.93. The molecular weight excluding hydrogens is 204 g/mol. The van der Waals surface area contributed by atoms with Crippen molar-refractivity contribution in [1.29, 1.82) is 0 Å². The van der Waals surface area contributed by atoms with Crippen LogP contribution in [0.1, 0.15) is 21.7 Å². The van der Waals surface area contributed by atoms with Crippen molar-refractivity contribution in [2.45, 2.75) is 20.3 Å². The van der Waals surface area contributed by atoms with E-state index in [1.807, 2.05) is 5.38 Å². The molecule has 0 amide bonds. The van der Waals surface area contributed by atoms with Crippen molar-refractivity contribution in [1.82, 2.24) is 4.98 Å². The Bertz CT molecular complexity index is 474. The van der Waals surface area contributed by atoms with Gasteiger partial charge in [-0.2, -0.15) is 0 Å². The first-order chi connectivity index (χ1) is 7.15. The third-order valence-electron chi connectivity index (χ3n) is 2.50. The van der Waals surface area contributed by atoms with Gasteiger partial charge in [0.1, 0.15) is 5.82 Å². The van der Waals surface area contributed by atoms with Gasteiger partial charge in [-0.25, -0.2) is 4.98 Å². The van der Waals surface area contributed by atoms with Crippen LogP contribution in [-0.2, 0) is 6.42 Å². The van der Waals surface area contributed by atoms with E-state index in [2.05, 4.69) is 37.0 Å². The summed E-state index contributed by atoms with van der Waals surface area (Å²) in [6.45, 7) is 4.26. The molecule has 2 nitrogen and oxygen atoms in total. The Labute approximate surface area is 93.8 Å². The Hall–Kier alpha value is -1.35. The van der Waals surface area contributed by atoms with E-state index < -0.39 is 0 Å². The number of benzene rings is 1. The lowest BCUT2D eigenvalue weighted by molar-refractivity contribution is 1.13. The maximum Gasteiger partial charge on any atom is 0.134 e. The zero-order chi connectivity index (χ0) is 10.8. The van der Waals surface area contributed by atoms with Crippen molar-refractivity contribution in [2.75, 3.05) is 5.73 Å². The van der Waals surface area contributed by atoms with Crippen LogP contribution in [0.25, 0.3) is 0 Å². The Morgan fingerprint density at radius 2 is 2.07 bits per heavy atom. The van der Waals surface area contributed by atoms with Crippen molar-refractivity contribution >= 4 is 17.2 Å². The van der Waals surface area contributed by atoms with Crippen molar-refractivity contribution in [3.63, 3.8) is 0 Å². The molecule has 0 spiro atoms. The highest BCUT2D eigenvalue weighted by atomic mass is 32.1. The number of aromatic nitrogens is 1. The molecule has 2 N–H and O–H groups in total. The molecule has 1 aromatic carbocycles. The zero-order valence-electron chi connectivity index (χ0n) is 8.95. The third kappa shape index (κ3) is 2.36. The van der Waals surface area contributed by atoms with Crippen molar-refractivity contribution in [3.8, 4) is 0 Å². The molecule has 0 aliphatic heterocycles. The SMILES string of the molecule is Cc1ccc(Cc2nc(N)cs2)cc1C. The van der Waals surface area contributed by atoms with Gasteiger partial charge in [0.2, 0.25) is 0 Å². The molecule has 0 unspecified atom stereocenters. The zero-order valence-corrected chi connectivity index (χ0v) is 9.77. The fourth-order valence-electron chi connectivity index (χ4n) is 1.49. The average Bonchev–Trinajstić information content (AvgIpc) is 2.58. The predicted molar refractivity (Wildman–Crippen MR) is 65.2 cm³/mol. The van der Waals surface area contributed by atoms with Gasteiger partial charge < -0.3 is 5.73 Å². The minimum absolute atomic E-state index is 0.624. The largest absolute Gasteiger partial charge is 0.383 e. The summed E-state index contributed by atoms with van der Waals surface area (Å²) in [5.74, 6) is 0.624. The second kappa shape index (κ2) is 4.03. The summed E-state index contributed by atoms with van der Waals surface area (Å²) in [7, 11) is 0. The number of nitrogens with two attached hydrogens (primary N) is 1. The molecular formula is C12H14N2S. The summed E-state index contributed by atoms with van der Waals surface area (Å²) in [6.07, 6.45) is 0.878. The van der Waals surface area contributed by atoms with E-state index >= 15 is 0 Å². The normalized spacial score (nSPS) is 10.5. The number of nitrogens with zero attached hydrogens (tertiary/aromatic N) is 1. The summed E-state index contributed by atoms with van der Waals surface area (Å²) in [5.41, 5.74) is 9.55. The standard InChI is InChI=1S/C12H14N2S/c1-8-3-4-10(5-9(8)2)6-12-14-11(13)7-15-12/h3-5,7H,6,13H2,1-2H3. The number of aryl methyl sites for hydroxylation is 2. The smallest absolute Gasteiger partial charge is 0.134 e. The fraction of sp³-hybridized carbons (Fsp3) is 0.250. The van der Waals surface area contributed by atoms with Gasteiger partial charge in [0.15, 0.2) is 0 Å². The van der Waals surface area contributed by atoms with Crippen LogP contribution in [0.4, 0.5) is 5.82 Å². The van der Waals surface area contributed by atoms with Crippen LogP contribution < -0.4 is 5.73 Å². The number of hydrogen-bond acceptors (Lipinski definition) is 3. The molecule has 0 saturated carbocycles. The highest BCUT2D eigenvalue weighted by molar-refractivity contribution is 7.10. The van der Waals surface area contributed by atoms with Gasteiger partial charge in [-0.05, 0) is 30.5 Å². The van der Waals surface area contributed by atoms with Crippen molar-refractivity contribution in [3.05, 3.63) is 45.3 Å². The number of anilines is 1. The molecule has 0 bridgehead atoms. The van der Waals surface area contributed by atoms with E-state index in [1.165, 1.54) is 16.7 Å². The van der Waals surface area contributed by atoms with Gasteiger partial charge in [0.25, 0.3) is 0 Å². The minimum atomic E-state index is 0.624. The molecule has 78 valence electrons. The Morgan fingerprint density at radius 1 is 1.27 bits per heavy atom. The van der Waals surface area contributed by atoms with E-state index in [0.717, 1.165) is 11.4 Å². The van der Waals surface area contributed by atoms with Gasteiger partial charge in [0, 0.05) is 11.8 Å². The van der Waals surface area contributed by atoms with Gasteiger partial charge in [-0.1, -0.05) is 18.2 Å². The Balaban J connectivity index is 2.21. The van der Waals surface area contributed by atoms with Gasteiger partial charge in [-0.15, -0.1) is 11.3 Å². The van der Waals surface area contributed by atoms with Gasteiger partial charge in [0.05, 0.1) is 5.01 Å². The summed E-state index contributed by atoms with van der Waals surface area (Å²) in [4.78, 5) is 4.25. The summed E-state index contributed by atoms with van der Waals surface area (Å²) < 4.78 is 0. The molecule has 0 atom stereocenters. The molecule has 0 radical (unpaired) electrons. The maximum absolute atomic E-state index is 5.59. The molecule has 15 heavy (non-hydrogen) atoms. The minimum Gasteiger partial charge on any atom is -0.383 e. The van der Waals surface area contributed by atoms with Crippen molar-refractivity contribution < 1.29 is 0 Å². The second-order valence-corrected chi connectivity index (χ2v) is 4.70. The quantitative estimate of drug-likeness (QED) is 0.841. The second-order valence-electron chi connectivity index (χ2n) is 3.76. The summed E-state index contributed by atoms with van der Waals surface area (Å²) in [6, 6.07) is 6.52. The first-order valence-electron chi connectivity index (χ1n) is 4.91. The van der Waals surface area contributed by atoms with E-state index in [-0.39, 0.29) is 0 Å². The lowest BCUT2D eigenvalue weighted by Gasteiger charge is -2.03. The Kier molecular flexibility index (Phi) is 2.73. The van der Waals surface area contributed by atoms with E-state index in [4.69, 9.17) is 5.73 Å². The van der Waals surface area contributed by atoms with Crippen molar-refractivity contribution in [2.24, 2.45) is 0 Å². The van der Waals surface area contributed by atoms with E-state index in [0.29, 0.717) is 5.82 Å². The molecule has 1 heterocycles. The number of thiazole rings is 1. The van der Waals surface area contributed by atoms with Gasteiger partial charge >= 0.3 is 0 Å². The molecule has 3 heteroatoms. The summed E-state index contributed by atoms with van der Waals surface area (Å²) in [5, 5.41) is 2.96. The molecule has 0 saturated heterocycles. The monoisotopic (exact) mass is 218 g/mol. The van der Waals surface area contributed by atoms with Crippen LogP contribution in [-0.4, -0.2) is 4.98 Å². The van der Waals surface area contributed by atoms with Crippen LogP contribution >= 0.6 is 11.3 Å². The molecule has 0 fully saturated rings. The van der Waals surface area contributed by atoms with Crippen LogP contribution in [0, 0.1) is 13.8 Å². The lowest BCUT2D eigenvalue weighted by Crippen LogP contribution is -1.91. The average molecular weight is 218 g/mol. The Morgan fingerprint density at radius 3 is 2.67 bits per heavy atom. The topological polar surface area (TPSA) is 38.9 Å². The molecule has 2 aromatic rings. The molecule has 1 aromatic heterocycles. The van der Waals surface area contributed by atoms with Gasteiger partial charge in [-0.3, -0.25) is 0 Å². The van der Waals surface area contributed by atoms with E-state index in [9.17, 15) is 0 Å². The molecule has 2 rings (SSSR count). The fourth-order valence-corrected chi connectivity index (χ4v) is 2.21. The van der Waals surface area contributed by atoms with E-state index in [1.54, 1.807) is 11.3 Å². The third-order valence-corrected chi connectivity index (χ3v) is 3.36. The first-order valence-corrected chi connectivity index (χ1v) is 5.79. The highest BCUT2D eigenvalue weighted by Gasteiger charge is 2.02. The van der Waals surface area contributed by atoms with Crippen LogP contribution in [0.3, 0.4) is 0 Å². The first kappa shape index (κ1) is 10.2. The molecule has 0 aliphatic carbocycles. The number of rotatable bonds is 2. The number of nitrogen functional groups attached to an aromatic ring is 1. The number of hydrogen-bond donors (Lipinski definition) is 1. The van der Waals surface area contributed by atoms with Crippen LogP contribution in [0.2, 0.25) is 0 Å². The van der Waals surface area contributed by atoms with Crippen LogP contribution in [0.5, 0.6) is 0 Å². The summed E-state index contributed by atoms with van der Waals surface area (Å²) >= 11 is 1.62. The van der Waals surface area contributed by atoms with Crippen LogP contribution in [0.15, 0.2) is 23.6 Å². The lowest BCUT2D eigenvalue weighted by atomic mass is 10.0. The maximum atomic E-state index is 5.59. The highest BCUT2D eigenvalue weighted by Crippen LogP contribution is 2.17.